The van der Waals surface area contributed by atoms with Crippen molar-refractivity contribution in [2.75, 3.05) is 5.32 Å². The Balaban J connectivity index is 0.00000121. The summed E-state index contributed by atoms with van der Waals surface area (Å²) in [6, 6.07) is 6.31. The Labute approximate surface area is 93.1 Å². The Morgan fingerprint density at radius 1 is 1.33 bits per heavy atom. The summed E-state index contributed by atoms with van der Waals surface area (Å²) in [5, 5.41) is 11.5. The summed E-state index contributed by atoms with van der Waals surface area (Å²) in [5.41, 5.74) is 0.690. The first-order valence-electron chi connectivity index (χ1n) is 3.25. The van der Waals surface area contributed by atoms with Crippen molar-refractivity contribution in [3.05, 3.63) is 24.3 Å². The van der Waals surface area contributed by atoms with Crippen molar-refractivity contribution in [2.24, 2.45) is 0 Å². The van der Waals surface area contributed by atoms with E-state index < -0.39 is 0 Å². The van der Waals surface area contributed by atoms with Crippen LogP contribution in [0.5, 0.6) is 5.75 Å². The van der Waals surface area contributed by atoms with E-state index in [1.54, 1.807) is 12.1 Å². The maximum absolute atomic E-state index is 10.5. The number of benzene rings is 1. The average molecular weight is 174 g/mol. The summed E-state index contributed by atoms with van der Waals surface area (Å²) in [4.78, 5) is 10.5. The minimum atomic E-state index is -0.115. The quantitative estimate of drug-likeness (QED) is 0.396. The van der Waals surface area contributed by atoms with Gasteiger partial charge in [0.05, 0.1) is 0 Å². The Kier molecular flexibility index (Phi) is 4.97. The van der Waals surface area contributed by atoms with Gasteiger partial charge < -0.3 is 10.4 Å². The van der Waals surface area contributed by atoms with Gasteiger partial charge in [0.1, 0.15) is 5.75 Å². The molecule has 0 atom stereocenters. The molecule has 0 spiro atoms. The smallest absolute Gasteiger partial charge is 0.508 e. The van der Waals surface area contributed by atoms with Gasteiger partial charge >= 0.3 is 29.6 Å². The number of aromatic hydroxyl groups is 1. The molecule has 1 rings (SSSR count). The van der Waals surface area contributed by atoms with Crippen LogP contribution in [0.4, 0.5) is 5.69 Å². The number of nitrogens with one attached hydrogen (secondary N) is 1. The zero-order valence-corrected chi connectivity index (χ0v) is 9.16. The van der Waals surface area contributed by atoms with E-state index in [1.807, 2.05) is 0 Å². The van der Waals surface area contributed by atoms with Crippen LogP contribution in [-0.2, 0) is 4.79 Å². The van der Waals surface area contributed by atoms with Crippen LogP contribution in [0.3, 0.4) is 0 Å². The van der Waals surface area contributed by atoms with Crippen LogP contribution in [-0.4, -0.2) is 11.0 Å². The number of rotatable bonds is 1. The van der Waals surface area contributed by atoms with Crippen molar-refractivity contribution in [2.45, 2.75) is 6.92 Å². The first kappa shape index (κ1) is 11.5. The molecule has 1 aromatic rings. The maximum atomic E-state index is 10.5. The Morgan fingerprint density at radius 2 is 1.83 bits per heavy atom. The second kappa shape index (κ2) is 5.19. The van der Waals surface area contributed by atoms with Crippen LogP contribution < -0.4 is 34.9 Å². The number of anilines is 1. The van der Waals surface area contributed by atoms with Gasteiger partial charge in [0.2, 0.25) is 5.91 Å². The monoisotopic (exact) mass is 174 g/mol. The number of phenols is 1. The summed E-state index contributed by atoms with van der Waals surface area (Å²) in [6.07, 6.45) is 0. The number of hydrogen-bond donors (Lipinski definition) is 2. The van der Waals surface area contributed by atoms with Gasteiger partial charge in [-0.25, -0.2) is 0 Å². The summed E-state index contributed by atoms with van der Waals surface area (Å²) < 4.78 is 0. The zero-order chi connectivity index (χ0) is 8.27. The predicted octanol–water partition coefficient (Wildman–Crippen LogP) is -1.65. The molecule has 0 bridgehead atoms. The third-order valence-corrected chi connectivity index (χ3v) is 1.19. The van der Waals surface area contributed by atoms with Gasteiger partial charge in [0.25, 0.3) is 0 Å². The average Bonchev–Trinajstić information content (AvgIpc) is 1.93. The van der Waals surface area contributed by atoms with Gasteiger partial charge in [-0.1, -0.05) is 0 Å². The number of amides is 1. The molecule has 1 aromatic carbocycles. The molecule has 0 radical (unpaired) electrons. The largest absolute Gasteiger partial charge is 1.00 e. The number of carbonyl (C=O) groups excluding carboxylic acids is 1. The van der Waals surface area contributed by atoms with Gasteiger partial charge in [-0.2, -0.15) is 0 Å². The molecule has 0 aliphatic carbocycles. The molecule has 58 valence electrons. The molecule has 3 nitrogen and oxygen atoms in total. The second-order valence-electron chi connectivity index (χ2n) is 2.23. The molecule has 0 saturated heterocycles. The van der Waals surface area contributed by atoms with Crippen molar-refractivity contribution in [1.82, 2.24) is 0 Å². The molecular weight excluding hydrogens is 165 g/mol. The molecule has 0 aliphatic rings. The normalized spacial score (nSPS) is 8.42. The third kappa shape index (κ3) is 3.76. The molecule has 0 unspecified atom stereocenters. The molecular formula is C8H9NNaO2+. The predicted molar refractivity (Wildman–Crippen MR) is 42.4 cm³/mol. The van der Waals surface area contributed by atoms with E-state index in [4.69, 9.17) is 5.11 Å². The zero-order valence-electron chi connectivity index (χ0n) is 7.16. The molecule has 12 heavy (non-hydrogen) atoms. The van der Waals surface area contributed by atoms with Crippen molar-refractivity contribution in [1.29, 1.82) is 0 Å². The van der Waals surface area contributed by atoms with Gasteiger partial charge in [0.15, 0.2) is 0 Å². The van der Waals surface area contributed by atoms with E-state index in [0.29, 0.717) is 5.69 Å². The Hall–Kier alpha value is -0.510. The standard InChI is InChI=1S/C8H9NO2.Na/c1-6(10)9-7-2-4-8(11)5-3-7;/h2-5,11H,1H3,(H,9,10);/q;+1. The number of carbonyl (C=O) groups is 1. The topological polar surface area (TPSA) is 49.3 Å². The molecule has 0 fully saturated rings. The summed E-state index contributed by atoms with van der Waals surface area (Å²) in [5.74, 6) is 0.0785. The van der Waals surface area contributed by atoms with Crippen molar-refractivity contribution < 1.29 is 39.5 Å². The molecule has 0 heterocycles. The number of phenolic OH excluding ortho intramolecular Hbond substituents is 1. The molecule has 0 aromatic heterocycles. The third-order valence-electron chi connectivity index (χ3n) is 1.19. The molecule has 1 amide bonds. The van der Waals surface area contributed by atoms with E-state index >= 15 is 0 Å². The Morgan fingerprint density at radius 3 is 2.25 bits per heavy atom. The van der Waals surface area contributed by atoms with E-state index in [2.05, 4.69) is 5.32 Å². The van der Waals surface area contributed by atoms with E-state index in [1.165, 1.54) is 19.1 Å². The maximum Gasteiger partial charge on any atom is 1.00 e. The van der Waals surface area contributed by atoms with Gasteiger partial charge in [-0.15, -0.1) is 0 Å². The second-order valence-corrected chi connectivity index (χ2v) is 2.23. The summed E-state index contributed by atoms with van der Waals surface area (Å²) >= 11 is 0. The Bertz CT molecular complexity index is 258. The van der Waals surface area contributed by atoms with Crippen LogP contribution in [0.1, 0.15) is 6.92 Å². The molecule has 0 aliphatic heterocycles. The first-order chi connectivity index (χ1) is 5.18. The fourth-order valence-electron chi connectivity index (χ4n) is 0.748. The summed E-state index contributed by atoms with van der Waals surface area (Å²) in [6.45, 7) is 1.44. The summed E-state index contributed by atoms with van der Waals surface area (Å²) in [7, 11) is 0. The first-order valence-corrected chi connectivity index (χ1v) is 3.25. The minimum Gasteiger partial charge on any atom is -0.508 e. The van der Waals surface area contributed by atoms with E-state index in [-0.39, 0.29) is 41.2 Å². The van der Waals surface area contributed by atoms with E-state index in [9.17, 15) is 4.79 Å². The van der Waals surface area contributed by atoms with Crippen molar-refractivity contribution in [3.63, 3.8) is 0 Å². The van der Waals surface area contributed by atoms with Gasteiger partial charge in [0, 0.05) is 12.6 Å². The molecule has 4 heteroatoms. The van der Waals surface area contributed by atoms with E-state index in [0.717, 1.165) is 0 Å². The molecule has 0 saturated carbocycles. The fraction of sp³-hybridized carbons (Fsp3) is 0.125. The SMILES string of the molecule is CC(=O)Nc1ccc(O)cc1.[Na+]. The molecule has 2 N–H and O–H groups in total. The van der Waals surface area contributed by atoms with Crippen molar-refractivity contribution >= 4 is 11.6 Å². The van der Waals surface area contributed by atoms with Crippen LogP contribution in [0.25, 0.3) is 0 Å². The number of hydrogen-bond acceptors (Lipinski definition) is 2. The van der Waals surface area contributed by atoms with Crippen LogP contribution in [0, 0.1) is 0 Å². The van der Waals surface area contributed by atoms with Crippen LogP contribution in [0.2, 0.25) is 0 Å². The van der Waals surface area contributed by atoms with Crippen LogP contribution in [0.15, 0.2) is 24.3 Å². The van der Waals surface area contributed by atoms with Crippen LogP contribution >= 0.6 is 0 Å². The van der Waals surface area contributed by atoms with Crippen molar-refractivity contribution in [3.8, 4) is 5.75 Å². The fourth-order valence-corrected chi connectivity index (χ4v) is 0.748. The minimum absolute atomic E-state index is 0. The van der Waals surface area contributed by atoms with Gasteiger partial charge in [-0.3, -0.25) is 4.79 Å². The van der Waals surface area contributed by atoms with Gasteiger partial charge in [-0.05, 0) is 24.3 Å².